The molecular weight excluding hydrogens is 248 g/mol. The molecule has 0 spiro atoms. The molecule has 18 heavy (non-hydrogen) atoms. The second-order valence-electron chi connectivity index (χ2n) is 4.11. The zero-order valence-electron chi connectivity index (χ0n) is 10.2. The summed E-state index contributed by atoms with van der Waals surface area (Å²) in [7, 11) is 1.96. The summed E-state index contributed by atoms with van der Waals surface area (Å²) in [4.78, 5) is 6.12. The summed E-state index contributed by atoms with van der Waals surface area (Å²) in [5.41, 5.74) is 2.83. The number of rotatable bonds is 4. The summed E-state index contributed by atoms with van der Waals surface area (Å²) in [6.07, 6.45) is 3.43. The zero-order chi connectivity index (χ0) is 13.0. The Balaban J connectivity index is 2.22. The van der Waals surface area contributed by atoms with Crippen LogP contribution in [0.5, 0.6) is 0 Å². The first kappa shape index (κ1) is 12.9. The maximum absolute atomic E-state index is 9.31. The summed E-state index contributed by atoms with van der Waals surface area (Å²) in [5.74, 6) is 0. The number of hydrogen-bond donors (Lipinski definition) is 1. The molecule has 0 amide bonds. The Morgan fingerprint density at radius 3 is 2.72 bits per heavy atom. The Morgan fingerprint density at radius 2 is 2.00 bits per heavy atom. The largest absolute Gasteiger partial charge is 0.392 e. The molecule has 4 heteroatoms. The highest BCUT2D eigenvalue weighted by molar-refractivity contribution is 6.31. The molecule has 0 aliphatic heterocycles. The fourth-order valence-electron chi connectivity index (χ4n) is 1.86. The molecule has 2 aromatic rings. The Labute approximate surface area is 112 Å². The lowest BCUT2D eigenvalue weighted by molar-refractivity contribution is 0.282. The molecule has 3 nitrogen and oxygen atoms in total. The first-order valence-corrected chi connectivity index (χ1v) is 6.08. The molecule has 0 fully saturated rings. The molecule has 0 unspecified atom stereocenters. The minimum Gasteiger partial charge on any atom is -0.392 e. The van der Waals surface area contributed by atoms with Crippen molar-refractivity contribution >= 4 is 17.3 Å². The van der Waals surface area contributed by atoms with E-state index in [4.69, 9.17) is 11.6 Å². The lowest BCUT2D eigenvalue weighted by Crippen LogP contribution is -2.18. The molecule has 0 radical (unpaired) electrons. The minimum absolute atomic E-state index is 0.00468. The Bertz CT molecular complexity index is 531. The molecule has 1 aromatic heterocycles. The first-order chi connectivity index (χ1) is 8.72. The number of aliphatic hydroxyl groups excluding tert-OH is 1. The highest BCUT2D eigenvalue weighted by Gasteiger charge is 2.08. The van der Waals surface area contributed by atoms with Gasteiger partial charge in [-0.25, -0.2) is 0 Å². The summed E-state index contributed by atoms with van der Waals surface area (Å²) in [6.45, 7) is 0.684. The van der Waals surface area contributed by atoms with Crippen LogP contribution in [0.2, 0.25) is 5.02 Å². The van der Waals surface area contributed by atoms with Gasteiger partial charge in [-0.15, -0.1) is 0 Å². The van der Waals surface area contributed by atoms with Crippen molar-refractivity contribution in [2.75, 3.05) is 11.9 Å². The van der Waals surface area contributed by atoms with Gasteiger partial charge in [0, 0.05) is 30.4 Å². The van der Waals surface area contributed by atoms with Gasteiger partial charge < -0.3 is 10.0 Å². The van der Waals surface area contributed by atoms with E-state index in [0.29, 0.717) is 6.54 Å². The topological polar surface area (TPSA) is 36.4 Å². The quantitative estimate of drug-likeness (QED) is 0.921. The van der Waals surface area contributed by atoms with Gasteiger partial charge in [0.25, 0.3) is 0 Å². The van der Waals surface area contributed by atoms with Crippen LogP contribution in [-0.4, -0.2) is 17.1 Å². The van der Waals surface area contributed by atoms with E-state index >= 15 is 0 Å². The van der Waals surface area contributed by atoms with Crippen molar-refractivity contribution in [3.63, 3.8) is 0 Å². The minimum atomic E-state index is 0.00468. The van der Waals surface area contributed by atoms with E-state index in [1.165, 1.54) is 0 Å². The van der Waals surface area contributed by atoms with Crippen LogP contribution in [0.15, 0.2) is 42.7 Å². The van der Waals surface area contributed by atoms with Crippen LogP contribution in [0.3, 0.4) is 0 Å². The van der Waals surface area contributed by atoms with Gasteiger partial charge in [-0.3, -0.25) is 4.98 Å². The van der Waals surface area contributed by atoms with Gasteiger partial charge in [-0.2, -0.15) is 0 Å². The summed E-state index contributed by atoms with van der Waals surface area (Å²) >= 11 is 6.14. The van der Waals surface area contributed by atoms with E-state index in [1.807, 2.05) is 42.3 Å². The van der Waals surface area contributed by atoms with Crippen molar-refractivity contribution in [2.24, 2.45) is 0 Å². The van der Waals surface area contributed by atoms with Crippen molar-refractivity contribution in [1.82, 2.24) is 4.98 Å². The van der Waals surface area contributed by atoms with Crippen molar-refractivity contribution in [3.8, 4) is 0 Å². The molecular formula is C14H15ClN2O. The fraction of sp³-hybridized carbons (Fsp3) is 0.214. The monoisotopic (exact) mass is 262 g/mol. The molecule has 94 valence electrons. The molecule has 1 heterocycles. The smallest absolute Gasteiger partial charge is 0.0703 e. The third-order valence-electron chi connectivity index (χ3n) is 2.83. The van der Waals surface area contributed by atoms with E-state index < -0.39 is 0 Å². The standard InChI is InChI=1S/C14H15ClN2O/c1-17(9-11-4-2-3-5-13(11)15)14-8-16-7-6-12(14)10-18/h2-8,18H,9-10H2,1H3. The van der Waals surface area contributed by atoms with Gasteiger partial charge in [0.05, 0.1) is 18.5 Å². The van der Waals surface area contributed by atoms with Crippen LogP contribution < -0.4 is 4.90 Å². The number of aliphatic hydroxyl groups is 1. The second-order valence-corrected chi connectivity index (χ2v) is 4.52. The molecule has 0 bridgehead atoms. The molecule has 2 rings (SSSR count). The van der Waals surface area contributed by atoms with Gasteiger partial charge in [0.15, 0.2) is 0 Å². The number of anilines is 1. The lowest BCUT2D eigenvalue weighted by atomic mass is 10.2. The third-order valence-corrected chi connectivity index (χ3v) is 3.20. The first-order valence-electron chi connectivity index (χ1n) is 5.70. The molecule has 0 saturated carbocycles. The third kappa shape index (κ3) is 2.81. The number of pyridine rings is 1. The van der Waals surface area contributed by atoms with Crippen molar-refractivity contribution in [3.05, 3.63) is 58.9 Å². The molecule has 1 aromatic carbocycles. The average Bonchev–Trinajstić information content (AvgIpc) is 2.41. The maximum atomic E-state index is 9.31. The van der Waals surface area contributed by atoms with Crippen LogP contribution in [0, 0.1) is 0 Å². The molecule has 0 saturated heterocycles. The van der Waals surface area contributed by atoms with Crippen LogP contribution in [0.25, 0.3) is 0 Å². The second kappa shape index (κ2) is 5.85. The SMILES string of the molecule is CN(Cc1ccccc1Cl)c1cnccc1CO. The normalized spacial score (nSPS) is 10.4. The predicted octanol–water partition coefficient (Wildman–Crippen LogP) is 2.86. The van der Waals surface area contributed by atoms with Gasteiger partial charge in [-0.05, 0) is 17.7 Å². The van der Waals surface area contributed by atoms with Gasteiger partial charge >= 0.3 is 0 Å². The molecule has 0 aliphatic rings. The Morgan fingerprint density at radius 1 is 1.22 bits per heavy atom. The number of benzene rings is 1. The number of hydrogen-bond acceptors (Lipinski definition) is 3. The molecule has 1 N–H and O–H groups in total. The number of halogens is 1. The zero-order valence-corrected chi connectivity index (χ0v) is 10.9. The van der Waals surface area contributed by atoms with Gasteiger partial charge in [0.1, 0.15) is 0 Å². The fourth-order valence-corrected chi connectivity index (χ4v) is 2.06. The van der Waals surface area contributed by atoms with E-state index in [0.717, 1.165) is 21.8 Å². The van der Waals surface area contributed by atoms with Crippen molar-refractivity contribution in [1.29, 1.82) is 0 Å². The summed E-state index contributed by atoms with van der Waals surface area (Å²) in [5, 5.41) is 10.1. The average molecular weight is 263 g/mol. The van der Waals surface area contributed by atoms with Crippen molar-refractivity contribution in [2.45, 2.75) is 13.2 Å². The van der Waals surface area contributed by atoms with Crippen molar-refractivity contribution < 1.29 is 5.11 Å². The van der Waals surface area contributed by atoms with Crippen LogP contribution in [-0.2, 0) is 13.2 Å². The highest BCUT2D eigenvalue weighted by Crippen LogP contribution is 2.22. The Hall–Kier alpha value is -1.58. The lowest BCUT2D eigenvalue weighted by Gasteiger charge is -2.22. The summed E-state index contributed by atoms with van der Waals surface area (Å²) < 4.78 is 0. The van der Waals surface area contributed by atoms with E-state index in [1.54, 1.807) is 12.4 Å². The molecule has 0 atom stereocenters. The number of nitrogens with zero attached hydrogens (tertiary/aromatic N) is 2. The van der Waals surface area contributed by atoms with Crippen LogP contribution >= 0.6 is 11.6 Å². The van der Waals surface area contributed by atoms with Crippen LogP contribution in [0.1, 0.15) is 11.1 Å². The maximum Gasteiger partial charge on any atom is 0.0703 e. The van der Waals surface area contributed by atoms with E-state index in [2.05, 4.69) is 4.98 Å². The highest BCUT2D eigenvalue weighted by atomic mass is 35.5. The van der Waals surface area contributed by atoms with E-state index in [9.17, 15) is 5.11 Å². The predicted molar refractivity (Wildman–Crippen MR) is 73.7 cm³/mol. The number of aromatic nitrogens is 1. The Kier molecular flexibility index (Phi) is 4.18. The van der Waals surface area contributed by atoms with Gasteiger partial charge in [-0.1, -0.05) is 29.8 Å². The van der Waals surface area contributed by atoms with Crippen LogP contribution in [0.4, 0.5) is 5.69 Å². The van der Waals surface area contributed by atoms with E-state index in [-0.39, 0.29) is 6.61 Å². The van der Waals surface area contributed by atoms with Gasteiger partial charge in [0.2, 0.25) is 0 Å². The summed E-state index contributed by atoms with van der Waals surface area (Å²) in [6, 6.07) is 9.56. The molecule has 0 aliphatic carbocycles.